The van der Waals surface area contributed by atoms with E-state index in [4.69, 9.17) is 16.3 Å². The molecule has 0 aliphatic carbocycles. The quantitative estimate of drug-likeness (QED) is 0.794. The van der Waals surface area contributed by atoms with Crippen molar-refractivity contribution in [3.05, 3.63) is 29.0 Å². The second kappa shape index (κ2) is 4.70. The minimum atomic E-state index is -0.0587. The third-order valence-electron chi connectivity index (χ3n) is 2.67. The van der Waals surface area contributed by atoms with Crippen LogP contribution in [0.1, 0.15) is 19.5 Å². The van der Waals surface area contributed by atoms with Crippen molar-refractivity contribution in [1.82, 2.24) is 9.88 Å². The Balaban J connectivity index is 1.99. The lowest BCUT2D eigenvalue weighted by Gasteiger charge is -2.37. The number of nitrogens with zero attached hydrogens (tertiary/aromatic N) is 2. The lowest BCUT2D eigenvalue weighted by molar-refractivity contribution is -0.0885. The van der Waals surface area contributed by atoms with Gasteiger partial charge in [0.1, 0.15) is 0 Å². The van der Waals surface area contributed by atoms with E-state index in [2.05, 4.69) is 23.7 Å². The van der Waals surface area contributed by atoms with Gasteiger partial charge in [0.25, 0.3) is 0 Å². The van der Waals surface area contributed by atoms with E-state index >= 15 is 0 Å². The Morgan fingerprint density at radius 2 is 2.38 bits per heavy atom. The zero-order chi connectivity index (χ0) is 11.6. The average molecular weight is 241 g/mol. The number of hydrogen-bond acceptors (Lipinski definition) is 3. The highest BCUT2D eigenvalue weighted by atomic mass is 35.5. The maximum Gasteiger partial charge on any atom is 0.0753 e. The Labute approximate surface area is 101 Å². The third kappa shape index (κ3) is 3.17. The van der Waals surface area contributed by atoms with E-state index < -0.39 is 0 Å². The molecule has 88 valence electrons. The SMILES string of the molecule is CC1(C)CN(Cc2cc(Cl)ccn2)CCO1. The lowest BCUT2D eigenvalue weighted by Crippen LogP contribution is -2.47. The topological polar surface area (TPSA) is 25.4 Å². The van der Waals surface area contributed by atoms with Crippen LogP contribution in [0.5, 0.6) is 0 Å². The van der Waals surface area contributed by atoms with Crippen LogP contribution in [0.15, 0.2) is 18.3 Å². The molecule has 1 aliphatic rings. The molecule has 1 saturated heterocycles. The molecule has 4 heteroatoms. The maximum atomic E-state index is 5.94. The van der Waals surface area contributed by atoms with Gasteiger partial charge < -0.3 is 4.74 Å². The molecule has 2 heterocycles. The van der Waals surface area contributed by atoms with Crippen LogP contribution >= 0.6 is 11.6 Å². The fourth-order valence-electron chi connectivity index (χ4n) is 2.01. The predicted molar refractivity (Wildman–Crippen MR) is 64.6 cm³/mol. The lowest BCUT2D eigenvalue weighted by atomic mass is 10.1. The van der Waals surface area contributed by atoms with Gasteiger partial charge in [-0.2, -0.15) is 0 Å². The zero-order valence-corrected chi connectivity index (χ0v) is 10.5. The van der Waals surface area contributed by atoms with Crippen molar-refractivity contribution in [1.29, 1.82) is 0 Å². The Kier molecular flexibility index (Phi) is 3.47. The van der Waals surface area contributed by atoms with Gasteiger partial charge in [0.2, 0.25) is 0 Å². The van der Waals surface area contributed by atoms with Gasteiger partial charge in [-0.3, -0.25) is 9.88 Å². The fourth-order valence-corrected chi connectivity index (χ4v) is 2.20. The molecule has 0 bridgehead atoms. The molecular formula is C12H17ClN2O. The maximum absolute atomic E-state index is 5.94. The fraction of sp³-hybridized carbons (Fsp3) is 0.583. The van der Waals surface area contributed by atoms with Crippen LogP contribution in [-0.2, 0) is 11.3 Å². The van der Waals surface area contributed by atoms with Crippen LogP contribution in [0.2, 0.25) is 5.02 Å². The normalized spacial score (nSPS) is 20.9. The van der Waals surface area contributed by atoms with Crippen molar-refractivity contribution in [2.45, 2.75) is 26.0 Å². The highest BCUT2D eigenvalue weighted by molar-refractivity contribution is 6.30. The number of halogens is 1. The van der Waals surface area contributed by atoms with Gasteiger partial charge in [-0.05, 0) is 26.0 Å². The molecule has 0 amide bonds. The van der Waals surface area contributed by atoms with Gasteiger partial charge in [-0.15, -0.1) is 0 Å². The molecule has 0 atom stereocenters. The average Bonchev–Trinajstić information content (AvgIpc) is 2.15. The molecule has 0 radical (unpaired) electrons. The summed E-state index contributed by atoms with van der Waals surface area (Å²) in [5, 5.41) is 0.748. The van der Waals surface area contributed by atoms with E-state index in [-0.39, 0.29) is 5.60 Å². The Morgan fingerprint density at radius 3 is 3.06 bits per heavy atom. The van der Waals surface area contributed by atoms with Gasteiger partial charge in [-0.25, -0.2) is 0 Å². The number of aromatic nitrogens is 1. The van der Waals surface area contributed by atoms with Gasteiger partial charge in [0.15, 0.2) is 0 Å². The summed E-state index contributed by atoms with van der Waals surface area (Å²) in [5.41, 5.74) is 0.960. The first-order chi connectivity index (χ1) is 7.55. The van der Waals surface area contributed by atoms with E-state index in [0.29, 0.717) is 0 Å². The van der Waals surface area contributed by atoms with Gasteiger partial charge in [-0.1, -0.05) is 11.6 Å². The van der Waals surface area contributed by atoms with Crippen molar-refractivity contribution < 1.29 is 4.74 Å². The molecule has 3 nitrogen and oxygen atoms in total. The molecular weight excluding hydrogens is 224 g/mol. The second-order valence-corrected chi connectivity index (χ2v) is 5.22. The predicted octanol–water partition coefficient (Wildman–Crippen LogP) is 2.35. The van der Waals surface area contributed by atoms with Crippen LogP contribution in [0.4, 0.5) is 0 Å². The summed E-state index contributed by atoms with van der Waals surface area (Å²) < 4.78 is 5.67. The standard InChI is InChI=1S/C12H17ClN2O/c1-12(2)9-15(5-6-16-12)8-11-7-10(13)3-4-14-11/h3-4,7H,5-6,8-9H2,1-2H3. The van der Waals surface area contributed by atoms with Crippen molar-refractivity contribution in [2.24, 2.45) is 0 Å². The van der Waals surface area contributed by atoms with Gasteiger partial charge in [0, 0.05) is 30.9 Å². The molecule has 1 fully saturated rings. The smallest absolute Gasteiger partial charge is 0.0753 e. The Hall–Kier alpha value is -0.640. The van der Waals surface area contributed by atoms with Gasteiger partial charge in [0.05, 0.1) is 17.9 Å². The van der Waals surface area contributed by atoms with Crippen LogP contribution in [0.3, 0.4) is 0 Å². The first-order valence-electron chi connectivity index (χ1n) is 5.52. The van der Waals surface area contributed by atoms with Crippen LogP contribution in [-0.4, -0.2) is 35.2 Å². The van der Waals surface area contributed by atoms with Crippen molar-refractivity contribution >= 4 is 11.6 Å². The van der Waals surface area contributed by atoms with Crippen molar-refractivity contribution in [2.75, 3.05) is 19.7 Å². The molecule has 0 N–H and O–H groups in total. The summed E-state index contributed by atoms with van der Waals surface area (Å²) in [6.45, 7) is 7.74. The zero-order valence-electron chi connectivity index (χ0n) is 9.74. The van der Waals surface area contributed by atoms with E-state index in [1.165, 1.54) is 0 Å². The molecule has 0 aromatic carbocycles. The van der Waals surface area contributed by atoms with E-state index in [9.17, 15) is 0 Å². The van der Waals surface area contributed by atoms with Crippen LogP contribution in [0.25, 0.3) is 0 Å². The first kappa shape index (κ1) is 11.8. The molecule has 1 aromatic rings. The number of ether oxygens (including phenoxy) is 1. The van der Waals surface area contributed by atoms with Crippen molar-refractivity contribution in [3.63, 3.8) is 0 Å². The molecule has 0 unspecified atom stereocenters. The number of rotatable bonds is 2. The summed E-state index contributed by atoms with van der Waals surface area (Å²) >= 11 is 5.94. The highest BCUT2D eigenvalue weighted by Gasteiger charge is 2.27. The summed E-state index contributed by atoms with van der Waals surface area (Å²) in [4.78, 5) is 6.66. The minimum absolute atomic E-state index is 0.0587. The van der Waals surface area contributed by atoms with Crippen molar-refractivity contribution in [3.8, 4) is 0 Å². The molecule has 2 rings (SSSR count). The number of morpholine rings is 1. The summed E-state index contributed by atoms with van der Waals surface area (Å²) in [6, 6.07) is 3.72. The first-order valence-corrected chi connectivity index (χ1v) is 5.90. The second-order valence-electron chi connectivity index (χ2n) is 4.78. The van der Waals surface area contributed by atoms with Crippen LogP contribution in [0, 0.1) is 0 Å². The largest absolute Gasteiger partial charge is 0.373 e. The highest BCUT2D eigenvalue weighted by Crippen LogP contribution is 2.18. The molecule has 1 aliphatic heterocycles. The molecule has 0 spiro atoms. The Morgan fingerprint density at radius 1 is 1.56 bits per heavy atom. The van der Waals surface area contributed by atoms with Crippen LogP contribution < -0.4 is 0 Å². The molecule has 0 saturated carbocycles. The van der Waals surface area contributed by atoms with E-state index in [1.54, 1.807) is 12.3 Å². The number of pyridine rings is 1. The summed E-state index contributed by atoms with van der Waals surface area (Å²) in [6.07, 6.45) is 1.75. The minimum Gasteiger partial charge on any atom is -0.373 e. The van der Waals surface area contributed by atoms with Gasteiger partial charge >= 0.3 is 0 Å². The molecule has 16 heavy (non-hydrogen) atoms. The number of hydrogen-bond donors (Lipinski definition) is 0. The van der Waals surface area contributed by atoms with E-state index in [1.807, 2.05) is 6.07 Å². The molecule has 1 aromatic heterocycles. The monoisotopic (exact) mass is 240 g/mol. The third-order valence-corrected chi connectivity index (χ3v) is 2.90. The summed E-state index contributed by atoms with van der Waals surface area (Å²) in [7, 11) is 0. The van der Waals surface area contributed by atoms with E-state index in [0.717, 1.165) is 37.0 Å². The Bertz CT molecular complexity index is 368. The summed E-state index contributed by atoms with van der Waals surface area (Å²) in [5.74, 6) is 0.